The molecule has 0 saturated carbocycles. The van der Waals surface area contributed by atoms with E-state index in [-0.39, 0.29) is 0 Å². The molecule has 0 radical (unpaired) electrons. The summed E-state index contributed by atoms with van der Waals surface area (Å²) < 4.78 is 1.98. The average Bonchev–Trinajstić information content (AvgIpc) is 3.08. The minimum atomic E-state index is 0.545. The van der Waals surface area contributed by atoms with Crippen LogP contribution in [0.25, 0.3) is 0 Å². The number of rotatable bonds is 5. The number of benzene rings is 1. The third kappa shape index (κ3) is 3.00. The van der Waals surface area contributed by atoms with Gasteiger partial charge in [0.15, 0.2) is 0 Å². The molecule has 1 aliphatic heterocycles. The molecule has 0 unspecified atom stereocenters. The molecule has 1 atom stereocenters. The standard InChI is InChI=1S/C19H25N3/c1-4-11-22-14-17(16(3)20-22)13-21-12-7-10-19(21)18-9-6-5-8-15(18)2/h4-6,8-9,14,19H,1,7,10-13H2,2-3H3/t19-/m0/s1. The van der Waals surface area contributed by atoms with Gasteiger partial charge in [-0.15, -0.1) is 6.58 Å². The Hall–Kier alpha value is -1.87. The molecule has 3 nitrogen and oxygen atoms in total. The maximum atomic E-state index is 4.58. The molecule has 0 amide bonds. The van der Waals surface area contributed by atoms with Crippen LogP contribution in [0.1, 0.15) is 41.3 Å². The molecule has 0 aliphatic carbocycles. The van der Waals surface area contributed by atoms with Gasteiger partial charge < -0.3 is 0 Å². The second-order valence-corrected chi connectivity index (χ2v) is 6.24. The average molecular weight is 295 g/mol. The van der Waals surface area contributed by atoms with Gasteiger partial charge in [-0.05, 0) is 44.4 Å². The van der Waals surface area contributed by atoms with Crippen molar-refractivity contribution in [2.24, 2.45) is 0 Å². The Labute approximate surface area is 133 Å². The summed E-state index contributed by atoms with van der Waals surface area (Å²) in [4.78, 5) is 2.60. The quantitative estimate of drug-likeness (QED) is 0.777. The molecule has 2 aromatic rings. The first-order chi connectivity index (χ1) is 10.7. The molecule has 0 N–H and O–H groups in total. The van der Waals surface area contributed by atoms with Crippen LogP contribution < -0.4 is 0 Å². The molecule has 0 spiro atoms. The summed E-state index contributed by atoms with van der Waals surface area (Å²) in [5.74, 6) is 0. The summed E-state index contributed by atoms with van der Waals surface area (Å²) in [7, 11) is 0. The summed E-state index contributed by atoms with van der Waals surface area (Å²) in [6.45, 7) is 11.1. The van der Waals surface area contributed by atoms with Gasteiger partial charge in [0.1, 0.15) is 0 Å². The second-order valence-electron chi connectivity index (χ2n) is 6.24. The van der Waals surface area contributed by atoms with E-state index in [0.29, 0.717) is 6.04 Å². The number of allylic oxidation sites excluding steroid dienone is 1. The van der Waals surface area contributed by atoms with Gasteiger partial charge in [0.25, 0.3) is 0 Å². The molecule has 22 heavy (non-hydrogen) atoms. The predicted octanol–water partition coefficient (Wildman–Crippen LogP) is 4.02. The molecule has 1 aromatic heterocycles. The zero-order valence-electron chi connectivity index (χ0n) is 13.6. The van der Waals surface area contributed by atoms with Gasteiger partial charge in [0.2, 0.25) is 0 Å². The monoisotopic (exact) mass is 295 g/mol. The number of nitrogens with zero attached hydrogens (tertiary/aromatic N) is 3. The SMILES string of the molecule is C=CCn1cc(CN2CCC[C@H]2c2ccccc2C)c(C)n1. The Morgan fingerprint density at radius 3 is 2.91 bits per heavy atom. The van der Waals surface area contributed by atoms with E-state index in [9.17, 15) is 0 Å². The van der Waals surface area contributed by atoms with E-state index in [2.05, 4.69) is 60.9 Å². The fourth-order valence-corrected chi connectivity index (χ4v) is 3.49. The van der Waals surface area contributed by atoms with Crippen LogP contribution >= 0.6 is 0 Å². The molecule has 3 rings (SSSR count). The van der Waals surface area contributed by atoms with E-state index in [1.165, 1.54) is 36.1 Å². The Kier molecular flexibility index (Phi) is 4.44. The highest BCUT2D eigenvalue weighted by molar-refractivity contribution is 5.30. The second kappa shape index (κ2) is 6.49. The van der Waals surface area contributed by atoms with Crippen LogP contribution in [0.5, 0.6) is 0 Å². The first kappa shape index (κ1) is 15.0. The summed E-state index contributed by atoms with van der Waals surface area (Å²) in [6, 6.07) is 9.34. The minimum absolute atomic E-state index is 0.545. The van der Waals surface area contributed by atoms with E-state index in [4.69, 9.17) is 0 Å². The van der Waals surface area contributed by atoms with E-state index >= 15 is 0 Å². The highest BCUT2D eigenvalue weighted by Gasteiger charge is 2.27. The van der Waals surface area contributed by atoms with E-state index in [0.717, 1.165) is 18.8 Å². The van der Waals surface area contributed by atoms with Gasteiger partial charge in [0, 0.05) is 24.3 Å². The van der Waals surface area contributed by atoms with Crippen molar-refractivity contribution in [1.82, 2.24) is 14.7 Å². The number of aromatic nitrogens is 2. The lowest BCUT2D eigenvalue weighted by Crippen LogP contribution is -2.23. The number of hydrogen-bond acceptors (Lipinski definition) is 2. The smallest absolute Gasteiger partial charge is 0.0638 e. The number of aryl methyl sites for hydroxylation is 2. The van der Waals surface area contributed by atoms with Crippen molar-refractivity contribution in [2.75, 3.05) is 6.54 Å². The molecule has 2 heterocycles. The van der Waals surface area contributed by atoms with Gasteiger partial charge >= 0.3 is 0 Å². The van der Waals surface area contributed by atoms with Crippen molar-refractivity contribution < 1.29 is 0 Å². The summed E-state index contributed by atoms with van der Waals surface area (Å²) in [5.41, 5.74) is 5.36. The summed E-state index contributed by atoms with van der Waals surface area (Å²) in [6.07, 6.45) is 6.59. The zero-order valence-corrected chi connectivity index (χ0v) is 13.6. The topological polar surface area (TPSA) is 21.1 Å². The molecular weight excluding hydrogens is 270 g/mol. The fourth-order valence-electron chi connectivity index (χ4n) is 3.49. The van der Waals surface area contributed by atoms with Crippen LogP contribution in [0.4, 0.5) is 0 Å². The van der Waals surface area contributed by atoms with Crippen LogP contribution in [-0.4, -0.2) is 21.2 Å². The lowest BCUT2D eigenvalue weighted by atomic mass is 9.99. The maximum absolute atomic E-state index is 4.58. The van der Waals surface area contributed by atoms with Crippen molar-refractivity contribution in [3.8, 4) is 0 Å². The van der Waals surface area contributed by atoms with Gasteiger partial charge in [-0.1, -0.05) is 30.3 Å². The van der Waals surface area contributed by atoms with Crippen LogP contribution in [0.2, 0.25) is 0 Å². The Morgan fingerprint density at radius 1 is 1.32 bits per heavy atom. The summed E-state index contributed by atoms with van der Waals surface area (Å²) >= 11 is 0. The molecule has 1 aliphatic rings. The van der Waals surface area contributed by atoms with Gasteiger partial charge in [-0.2, -0.15) is 5.10 Å². The highest BCUT2D eigenvalue weighted by atomic mass is 15.3. The fraction of sp³-hybridized carbons (Fsp3) is 0.421. The van der Waals surface area contributed by atoms with Gasteiger partial charge in [-0.25, -0.2) is 0 Å². The maximum Gasteiger partial charge on any atom is 0.0638 e. The Bertz CT molecular complexity index is 656. The molecule has 116 valence electrons. The van der Waals surface area contributed by atoms with Crippen molar-refractivity contribution in [1.29, 1.82) is 0 Å². The lowest BCUT2D eigenvalue weighted by molar-refractivity contribution is 0.247. The first-order valence-corrected chi connectivity index (χ1v) is 8.12. The highest BCUT2D eigenvalue weighted by Crippen LogP contribution is 2.34. The first-order valence-electron chi connectivity index (χ1n) is 8.12. The number of likely N-dealkylation sites (tertiary alicyclic amines) is 1. The Morgan fingerprint density at radius 2 is 2.14 bits per heavy atom. The van der Waals surface area contributed by atoms with Crippen LogP contribution in [0, 0.1) is 13.8 Å². The van der Waals surface area contributed by atoms with E-state index in [1.807, 2.05) is 10.8 Å². The predicted molar refractivity (Wildman–Crippen MR) is 90.7 cm³/mol. The largest absolute Gasteiger partial charge is 0.292 e. The molecule has 3 heteroatoms. The van der Waals surface area contributed by atoms with Crippen LogP contribution in [0.3, 0.4) is 0 Å². The van der Waals surface area contributed by atoms with Crippen LogP contribution in [-0.2, 0) is 13.1 Å². The normalized spacial score (nSPS) is 18.7. The third-order valence-electron chi connectivity index (χ3n) is 4.65. The molecule has 1 aromatic carbocycles. The van der Waals surface area contributed by atoms with Crippen molar-refractivity contribution in [2.45, 2.75) is 45.8 Å². The minimum Gasteiger partial charge on any atom is -0.292 e. The lowest BCUT2D eigenvalue weighted by Gasteiger charge is -2.25. The van der Waals surface area contributed by atoms with Crippen molar-refractivity contribution >= 4 is 0 Å². The number of hydrogen-bond donors (Lipinski definition) is 0. The molecular formula is C19H25N3. The van der Waals surface area contributed by atoms with Crippen molar-refractivity contribution in [3.63, 3.8) is 0 Å². The summed E-state index contributed by atoms with van der Waals surface area (Å²) in [5, 5.41) is 4.58. The molecule has 1 fully saturated rings. The zero-order chi connectivity index (χ0) is 15.5. The van der Waals surface area contributed by atoms with E-state index < -0.39 is 0 Å². The van der Waals surface area contributed by atoms with Gasteiger partial charge in [0.05, 0.1) is 12.2 Å². The third-order valence-corrected chi connectivity index (χ3v) is 4.65. The molecule has 0 bridgehead atoms. The van der Waals surface area contributed by atoms with Gasteiger partial charge in [-0.3, -0.25) is 9.58 Å². The Balaban J connectivity index is 1.79. The van der Waals surface area contributed by atoms with E-state index in [1.54, 1.807) is 0 Å². The van der Waals surface area contributed by atoms with Crippen molar-refractivity contribution in [3.05, 3.63) is 65.5 Å². The molecule has 1 saturated heterocycles. The van der Waals surface area contributed by atoms with Crippen LogP contribution in [0.15, 0.2) is 43.1 Å².